The number of hydrogen-bond donors (Lipinski definition) is 0. The van der Waals surface area contributed by atoms with Gasteiger partial charge in [0.05, 0.1) is 27.8 Å². The molecule has 0 aliphatic carbocycles. The molecule has 3 aromatic heterocycles. The van der Waals surface area contributed by atoms with Gasteiger partial charge >= 0.3 is 0 Å². The van der Waals surface area contributed by atoms with Crippen molar-refractivity contribution in [2.24, 2.45) is 0 Å². The fourth-order valence-electron chi connectivity index (χ4n) is 10.9. The van der Waals surface area contributed by atoms with E-state index >= 15 is 0 Å². The van der Waals surface area contributed by atoms with Crippen molar-refractivity contribution in [2.75, 3.05) is 0 Å². The third-order valence-corrected chi connectivity index (χ3v) is 14.4. The van der Waals surface area contributed by atoms with Crippen LogP contribution in [0.25, 0.3) is 134 Å². The highest BCUT2D eigenvalue weighted by molar-refractivity contribution is 6.17. The molecule has 0 saturated carbocycles. The van der Waals surface area contributed by atoms with Crippen LogP contribution >= 0.6 is 0 Å². The highest BCUT2D eigenvalue weighted by Gasteiger charge is 2.23. The minimum atomic E-state index is 0.590. The van der Waals surface area contributed by atoms with Crippen LogP contribution in [-0.4, -0.2) is 24.1 Å². The van der Waals surface area contributed by atoms with Crippen LogP contribution in [0.1, 0.15) is 0 Å². The summed E-state index contributed by atoms with van der Waals surface area (Å²) in [7, 11) is 0. The van der Waals surface area contributed by atoms with Crippen molar-refractivity contribution >= 4 is 43.6 Å². The van der Waals surface area contributed by atoms with Gasteiger partial charge in [0.1, 0.15) is 0 Å². The zero-order valence-electron chi connectivity index (χ0n) is 40.2. The Kier molecular flexibility index (Phi) is 10.4. The molecule has 0 aliphatic rings. The quantitative estimate of drug-likeness (QED) is 0.145. The van der Waals surface area contributed by atoms with Gasteiger partial charge in [0.25, 0.3) is 0 Å². The van der Waals surface area contributed by atoms with Crippen molar-refractivity contribution in [1.29, 1.82) is 0 Å². The molecule has 0 radical (unpaired) electrons. The second-order valence-electron chi connectivity index (χ2n) is 18.8. The van der Waals surface area contributed by atoms with E-state index in [9.17, 15) is 0 Å². The van der Waals surface area contributed by atoms with E-state index < -0.39 is 0 Å². The maximum atomic E-state index is 5.39. The number of aromatic nitrogens is 5. The molecule has 0 N–H and O–H groups in total. The van der Waals surface area contributed by atoms with E-state index in [0.717, 1.165) is 94.3 Å². The third kappa shape index (κ3) is 7.46. The Bertz CT molecular complexity index is 4370. The van der Waals surface area contributed by atoms with Crippen molar-refractivity contribution in [3.8, 4) is 90.0 Å². The number of benzene rings is 11. The van der Waals surface area contributed by atoms with Crippen LogP contribution in [0.15, 0.2) is 273 Å². The zero-order valence-corrected chi connectivity index (χ0v) is 40.2. The van der Waals surface area contributed by atoms with Crippen LogP contribution in [0, 0.1) is 0 Å². The lowest BCUT2D eigenvalue weighted by Crippen LogP contribution is -2.02. The Morgan fingerprint density at radius 1 is 0.230 bits per heavy atom. The van der Waals surface area contributed by atoms with Crippen LogP contribution in [0.5, 0.6) is 0 Å². The average Bonchev–Trinajstić information content (AvgIpc) is 4.04. The Morgan fingerprint density at radius 2 is 0.662 bits per heavy atom. The van der Waals surface area contributed by atoms with E-state index in [4.69, 9.17) is 15.0 Å². The summed E-state index contributed by atoms with van der Waals surface area (Å²) in [6.07, 6.45) is 0. The SMILES string of the molecule is c1ccc(-c2ccc(-c3nc(-c4ccccc4)nc(-c4cc(-n5c6cc(-c7ccccc7)ccc6c6c(-n7c8ccccc8c8ccc(-c9ccccc9)cc87)cccc65)ccc4-c4ccccc4)n3)cc2)cc1. The number of fused-ring (bicyclic) bond motifs is 6. The number of nitrogens with zero attached hydrogens (tertiary/aromatic N) is 5. The van der Waals surface area contributed by atoms with Gasteiger partial charge in [0.15, 0.2) is 17.5 Å². The van der Waals surface area contributed by atoms with E-state index in [-0.39, 0.29) is 0 Å². The Morgan fingerprint density at radius 3 is 1.28 bits per heavy atom. The van der Waals surface area contributed by atoms with Crippen LogP contribution in [0.3, 0.4) is 0 Å². The van der Waals surface area contributed by atoms with E-state index in [1.165, 1.54) is 21.9 Å². The molecule has 14 rings (SSSR count). The second-order valence-corrected chi connectivity index (χ2v) is 18.8. The number of hydrogen-bond acceptors (Lipinski definition) is 3. The summed E-state index contributed by atoms with van der Waals surface area (Å²) in [5.41, 5.74) is 18.4. The highest BCUT2D eigenvalue weighted by Crippen LogP contribution is 2.43. The summed E-state index contributed by atoms with van der Waals surface area (Å²) < 4.78 is 4.91. The summed E-state index contributed by atoms with van der Waals surface area (Å²) in [5.74, 6) is 1.80. The summed E-state index contributed by atoms with van der Waals surface area (Å²) in [6.45, 7) is 0. The molecule has 11 aromatic carbocycles. The van der Waals surface area contributed by atoms with Crippen LogP contribution < -0.4 is 0 Å². The lowest BCUT2D eigenvalue weighted by molar-refractivity contribution is 1.07. The lowest BCUT2D eigenvalue weighted by atomic mass is 9.98. The molecule has 0 unspecified atom stereocenters. The molecule has 74 heavy (non-hydrogen) atoms. The van der Waals surface area contributed by atoms with Gasteiger partial charge in [-0.1, -0.05) is 231 Å². The second kappa shape index (κ2) is 18.0. The smallest absolute Gasteiger partial charge is 0.164 e. The molecule has 0 aliphatic heterocycles. The fraction of sp³-hybridized carbons (Fsp3) is 0. The van der Waals surface area contributed by atoms with Crippen molar-refractivity contribution in [3.63, 3.8) is 0 Å². The maximum absolute atomic E-state index is 5.39. The van der Waals surface area contributed by atoms with Crippen molar-refractivity contribution in [2.45, 2.75) is 0 Å². The first-order valence-electron chi connectivity index (χ1n) is 25.1. The summed E-state index contributed by atoms with van der Waals surface area (Å²) in [4.78, 5) is 15.9. The van der Waals surface area contributed by atoms with Gasteiger partial charge in [-0.05, 0) is 87.0 Å². The first-order valence-corrected chi connectivity index (χ1v) is 25.1. The van der Waals surface area contributed by atoms with Crippen LogP contribution in [-0.2, 0) is 0 Å². The molecule has 5 nitrogen and oxygen atoms in total. The largest absolute Gasteiger partial charge is 0.309 e. The predicted molar refractivity (Wildman–Crippen MR) is 307 cm³/mol. The van der Waals surface area contributed by atoms with Gasteiger partial charge in [-0.3, -0.25) is 0 Å². The molecule has 0 amide bonds. The van der Waals surface area contributed by atoms with Gasteiger partial charge in [0.2, 0.25) is 0 Å². The molecular weight excluding hydrogens is 899 g/mol. The van der Waals surface area contributed by atoms with Gasteiger partial charge in [-0.25, -0.2) is 15.0 Å². The Hall–Kier alpha value is -9.97. The topological polar surface area (TPSA) is 48.5 Å². The molecule has 0 atom stereocenters. The van der Waals surface area contributed by atoms with Gasteiger partial charge in [-0.15, -0.1) is 0 Å². The summed E-state index contributed by atoms with van der Waals surface area (Å²) in [6, 6.07) is 97.3. The minimum Gasteiger partial charge on any atom is -0.309 e. The molecule has 0 fully saturated rings. The average molecular weight is 944 g/mol. The first-order chi connectivity index (χ1) is 36.7. The van der Waals surface area contributed by atoms with Gasteiger partial charge in [0, 0.05) is 43.9 Å². The van der Waals surface area contributed by atoms with Gasteiger partial charge < -0.3 is 9.13 Å². The zero-order chi connectivity index (χ0) is 49.0. The lowest BCUT2D eigenvalue weighted by Gasteiger charge is -2.16. The number of rotatable bonds is 9. The van der Waals surface area contributed by atoms with Crippen LogP contribution in [0.2, 0.25) is 0 Å². The monoisotopic (exact) mass is 943 g/mol. The molecule has 346 valence electrons. The summed E-state index contributed by atoms with van der Waals surface area (Å²) in [5, 5.41) is 4.75. The first kappa shape index (κ1) is 42.9. The molecule has 3 heterocycles. The molecule has 14 aromatic rings. The van der Waals surface area contributed by atoms with E-state index in [1.54, 1.807) is 0 Å². The Labute approximate surface area is 428 Å². The van der Waals surface area contributed by atoms with E-state index in [0.29, 0.717) is 17.5 Å². The predicted octanol–water partition coefficient (Wildman–Crippen LogP) is 17.7. The number of para-hydroxylation sites is 1. The maximum Gasteiger partial charge on any atom is 0.164 e. The third-order valence-electron chi connectivity index (χ3n) is 14.4. The van der Waals surface area contributed by atoms with Crippen molar-refractivity contribution < 1.29 is 0 Å². The van der Waals surface area contributed by atoms with Crippen molar-refractivity contribution in [1.82, 2.24) is 24.1 Å². The Balaban J connectivity index is 1.03. The molecule has 5 heteroatoms. The minimum absolute atomic E-state index is 0.590. The molecular formula is C69H45N5. The van der Waals surface area contributed by atoms with Crippen molar-refractivity contribution in [3.05, 3.63) is 273 Å². The van der Waals surface area contributed by atoms with E-state index in [2.05, 4.69) is 258 Å². The fourth-order valence-corrected chi connectivity index (χ4v) is 10.9. The molecule has 0 spiro atoms. The van der Waals surface area contributed by atoms with Crippen LogP contribution in [0.4, 0.5) is 0 Å². The highest BCUT2D eigenvalue weighted by atomic mass is 15.0. The summed E-state index contributed by atoms with van der Waals surface area (Å²) >= 11 is 0. The molecule has 0 bridgehead atoms. The normalized spacial score (nSPS) is 11.5. The van der Waals surface area contributed by atoms with E-state index in [1.807, 2.05) is 24.3 Å². The standard InChI is InChI=1S/C69H45N5/c1-6-19-46(20-7-1)49-33-35-52(36-34-49)68-70-67(51-27-14-5-15-28-51)71-69(72-68)60-45-55(39-42-56(60)50-25-12-4-13-26-50)73-62-31-18-32-63(66(62)59-41-38-54(44-65(59)73)48-23-10-3-11-24-48)74-61-30-17-16-29-57(61)58-40-37-53(43-64(58)74)47-21-8-2-9-22-47/h1-45H. The van der Waals surface area contributed by atoms with Gasteiger partial charge in [-0.2, -0.15) is 0 Å². The molecule has 0 saturated heterocycles.